The summed E-state index contributed by atoms with van der Waals surface area (Å²) in [6.45, 7) is 16.6. The zero-order valence-corrected chi connectivity index (χ0v) is 34.9. The molecule has 0 radical (unpaired) electrons. The third-order valence-electron chi connectivity index (χ3n) is 11.9. The number of benzene rings is 7. The molecule has 0 bridgehead atoms. The summed E-state index contributed by atoms with van der Waals surface area (Å²) in [7, 11) is 0. The van der Waals surface area contributed by atoms with Gasteiger partial charge in [-0.2, -0.15) is 0 Å². The van der Waals surface area contributed by atoms with Crippen molar-refractivity contribution in [2.45, 2.75) is 18.9 Å². The van der Waals surface area contributed by atoms with Gasteiger partial charge < -0.3 is 5.73 Å². The highest BCUT2D eigenvalue weighted by Gasteiger charge is 2.53. The first-order valence-electron chi connectivity index (χ1n) is 21.0. The lowest BCUT2D eigenvalue weighted by Crippen LogP contribution is -2.26. The van der Waals surface area contributed by atoms with Crippen molar-refractivity contribution in [3.8, 4) is 22.3 Å². The fourth-order valence-corrected chi connectivity index (χ4v) is 8.98. The summed E-state index contributed by atoms with van der Waals surface area (Å²) in [6, 6.07) is 63.3. The van der Waals surface area contributed by atoms with Gasteiger partial charge in [-0.25, -0.2) is 4.99 Å². The van der Waals surface area contributed by atoms with E-state index in [0.29, 0.717) is 18.2 Å². The molecule has 0 aromatic heterocycles. The van der Waals surface area contributed by atoms with Crippen LogP contribution < -0.4 is 5.73 Å². The van der Waals surface area contributed by atoms with Gasteiger partial charge in [0, 0.05) is 11.1 Å². The lowest BCUT2D eigenvalue weighted by molar-refractivity contribution is 0.794. The smallest absolute Gasteiger partial charge is 0.157 e. The van der Waals surface area contributed by atoms with E-state index < -0.39 is 5.41 Å². The lowest BCUT2D eigenvalue weighted by Gasteiger charge is -2.31. The molecule has 0 saturated heterocycles. The molecule has 1 atom stereocenters. The summed E-state index contributed by atoms with van der Waals surface area (Å²) in [5.41, 5.74) is 24.2. The maximum atomic E-state index is 6.60. The van der Waals surface area contributed by atoms with E-state index in [1.54, 1.807) is 0 Å². The van der Waals surface area contributed by atoms with Gasteiger partial charge in [-0.15, -0.1) is 0 Å². The number of nitrogens with two attached hydrogens (primary N) is 1. The maximum Gasteiger partial charge on any atom is 0.157 e. The standard InChI is InChI=1S/C59H47N3/c1-5-20-46(47-27-19-28-49(37-47)58(61-39-43-21-9-6-10-22-43)62-57(60)45-25-13-8-14-26-45)35-40(2)41(3)36-55-42(4)50-29-15-17-31-53(50)59(55)54-32-18-16-30-51(54)52-34-33-48(38-56(52)59)44-23-11-7-12-24-44/h5-38H,2-4,39H2,1H3,(H2,60,61,62)/b20-5-,46-35+,55-36+. The van der Waals surface area contributed by atoms with Crippen LogP contribution in [0.3, 0.4) is 0 Å². The fraction of sp³-hybridized carbons (Fsp3) is 0.0508. The van der Waals surface area contributed by atoms with Crippen LogP contribution in [0.4, 0.5) is 0 Å². The summed E-state index contributed by atoms with van der Waals surface area (Å²) >= 11 is 0. The average Bonchev–Trinajstić information content (AvgIpc) is 3.75. The van der Waals surface area contributed by atoms with Crippen LogP contribution in [0.25, 0.3) is 33.4 Å². The average molecular weight is 798 g/mol. The maximum absolute atomic E-state index is 6.60. The van der Waals surface area contributed by atoms with Crippen molar-refractivity contribution >= 4 is 22.8 Å². The van der Waals surface area contributed by atoms with Crippen LogP contribution in [0, 0.1) is 0 Å². The van der Waals surface area contributed by atoms with E-state index in [1.807, 2.05) is 73.7 Å². The molecule has 3 nitrogen and oxygen atoms in total. The first-order chi connectivity index (χ1) is 30.4. The van der Waals surface area contributed by atoms with Crippen LogP contribution in [0.5, 0.6) is 0 Å². The van der Waals surface area contributed by atoms with Crippen molar-refractivity contribution in [1.82, 2.24) is 0 Å². The zero-order chi connectivity index (χ0) is 42.6. The van der Waals surface area contributed by atoms with Crippen LogP contribution in [0.2, 0.25) is 0 Å². The van der Waals surface area contributed by atoms with Crippen LogP contribution in [-0.2, 0) is 12.0 Å². The second-order valence-corrected chi connectivity index (χ2v) is 15.7. The van der Waals surface area contributed by atoms with E-state index in [4.69, 9.17) is 22.3 Å². The van der Waals surface area contributed by atoms with Gasteiger partial charge in [-0.3, -0.25) is 4.99 Å². The highest BCUT2D eigenvalue weighted by molar-refractivity contribution is 6.11. The largest absolute Gasteiger partial charge is 0.383 e. The number of hydrogen-bond acceptors (Lipinski definition) is 1. The molecule has 2 aliphatic carbocycles. The first-order valence-corrected chi connectivity index (χ1v) is 21.0. The van der Waals surface area contributed by atoms with E-state index >= 15 is 0 Å². The summed E-state index contributed by atoms with van der Waals surface area (Å²) < 4.78 is 0. The molecular weight excluding hydrogens is 751 g/mol. The second kappa shape index (κ2) is 17.0. The summed E-state index contributed by atoms with van der Waals surface area (Å²) in [6.07, 6.45) is 8.49. The molecule has 1 spiro atoms. The molecule has 7 aromatic carbocycles. The topological polar surface area (TPSA) is 50.7 Å². The minimum atomic E-state index is -0.588. The van der Waals surface area contributed by atoms with Gasteiger partial charge in [0.1, 0.15) is 5.84 Å². The number of amidine groups is 2. The lowest BCUT2D eigenvalue weighted by atomic mass is 9.69. The van der Waals surface area contributed by atoms with E-state index in [9.17, 15) is 0 Å². The van der Waals surface area contributed by atoms with Crippen molar-refractivity contribution in [2.24, 2.45) is 15.7 Å². The third-order valence-corrected chi connectivity index (χ3v) is 11.9. The van der Waals surface area contributed by atoms with E-state index in [0.717, 1.165) is 55.7 Å². The molecular formula is C59H47N3. The van der Waals surface area contributed by atoms with Gasteiger partial charge >= 0.3 is 0 Å². The summed E-state index contributed by atoms with van der Waals surface area (Å²) in [5, 5.41) is 0. The van der Waals surface area contributed by atoms with Crippen LogP contribution in [-0.4, -0.2) is 11.7 Å². The number of nitrogens with zero attached hydrogens (tertiary/aromatic N) is 2. The van der Waals surface area contributed by atoms with Gasteiger partial charge in [0.15, 0.2) is 5.84 Å². The minimum Gasteiger partial charge on any atom is -0.383 e. The first kappa shape index (κ1) is 39.6. The van der Waals surface area contributed by atoms with E-state index in [-0.39, 0.29) is 0 Å². The van der Waals surface area contributed by atoms with Crippen molar-refractivity contribution in [3.05, 3.63) is 287 Å². The van der Waals surface area contributed by atoms with Crippen LogP contribution in [0.1, 0.15) is 51.4 Å². The number of rotatable bonds is 10. The summed E-state index contributed by atoms with van der Waals surface area (Å²) in [4.78, 5) is 9.90. The summed E-state index contributed by atoms with van der Waals surface area (Å²) in [5.74, 6) is 0.962. The third kappa shape index (κ3) is 7.24. The SMILES string of the molecule is C=C(/C=C(\C=C/C)c1cccc(C(N=C(N)c2ccccc2)=NCc2ccccc2)c1)C(=C)/C=C1\C(=C)c2ccccc2C12c1ccccc1-c1ccc(-c3ccccc3)cc12. The molecule has 1 unspecified atom stereocenters. The molecule has 9 rings (SSSR count). The Labute approximate surface area is 365 Å². The van der Waals surface area contributed by atoms with Crippen molar-refractivity contribution in [2.75, 3.05) is 0 Å². The van der Waals surface area contributed by atoms with Gasteiger partial charge in [0.25, 0.3) is 0 Å². The van der Waals surface area contributed by atoms with Crippen molar-refractivity contribution < 1.29 is 0 Å². The highest BCUT2D eigenvalue weighted by atomic mass is 15.0. The predicted molar refractivity (Wildman–Crippen MR) is 262 cm³/mol. The predicted octanol–water partition coefficient (Wildman–Crippen LogP) is 13.7. The van der Waals surface area contributed by atoms with Crippen molar-refractivity contribution in [3.63, 3.8) is 0 Å². The molecule has 298 valence electrons. The number of aliphatic imine (C=N–C) groups is 2. The Balaban J connectivity index is 1.12. The van der Waals surface area contributed by atoms with Crippen molar-refractivity contribution in [1.29, 1.82) is 0 Å². The van der Waals surface area contributed by atoms with E-state index in [2.05, 4.69) is 153 Å². The number of hydrogen-bond donors (Lipinski definition) is 1. The van der Waals surface area contributed by atoms with Gasteiger partial charge in [0.05, 0.1) is 12.0 Å². The van der Waals surface area contributed by atoms with Crippen LogP contribution >= 0.6 is 0 Å². The minimum absolute atomic E-state index is 0.405. The normalized spacial score (nSPS) is 16.4. The highest BCUT2D eigenvalue weighted by Crippen LogP contribution is 2.64. The van der Waals surface area contributed by atoms with Crippen LogP contribution in [0.15, 0.2) is 253 Å². The molecule has 62 heavy (non-hydrogen) atoms. The van der Waals surface area contributed by atoms with Gasteiger partial charge in [-0.05, 0) is 115 Å². The molecule has 0 aliphatic heterocycles. The Morgan fingerprint density at radius 3 is 1.90 bits per heavy atom. The molecule has 0 heterocycles. The Kier molecular flexibility index (Phi) is 10.9. The second-order valence-electron chi connectivity index (χ2n) is 15.7. The monoisotopic (exact) mass is 797 g/mol. The quantitative estimate of drug-likeness (QED) is 0.0836. The molecule has 0 saturated carbocycles. The Bertz CT molecular complexity index is 3030. The number of fused-ring (bicyclic) bond motifs is 7. The molecule has 2 N–H and O–H groups in total. The number of allylic oxidation sites excluding steroid dienone is 9. The molecule has 7 aromatic rings. The van der Waals surface area contributed by atoms with Gasteiger partial charge in [-0.1, -0.05) is 202 Å². The fourth-order valence-electron chi connectivity index (χ4n) is 8.98. The van der Waals surface area contributed by atoms with Gasteiger partial charge in [0.2, 0.25) is 0 Å². The zero-order valence-electron chi connectivity index (χ0n) is 34.9. The molecule has 3 heteroatoms. The molecule has 0 fully saturated rings. The Morgan fingerprint density at radius 1 is 0.581 bits per heavy atom. The van der Waals surface area contributed by atoms with E-state index in [1.165, 1.54) is 38.9 Å². The molecule has 0 amide bonds. The Hall–Kier alpha value is -7.88. The Morgan fingerprint density at radius 2 is 1.18 bits per heavy atom. The molecule has 2 aliphatic rings.